The summed E-state index contributed by atoms with van der Waals surface area (Å²) in [4.78, 5) is 17.8. The largest absolute Gasteiger partial charge is 0.386 e. The third-order valence-corrected chi connectivity index (χ3v) is 4.66. The Hall–Kier alpha value is -3.62. The Morgan fingerprint density at radius 1 is 1.24 bits per heavy atom. The van der Waals surface area contributed by atoms with Gasteiger partial charge in [0.05, 0.1) is 22.9 Å². The molecule has 0 bridgehead atoms. The molecule has 0 spiro atoms. The number of nitrogens with zero attached hydrogens (tertiary/aromatic N) is 3. The molecule has 0 saturated carbocycles. The molecule has 7 nitrogen and oxygen atoms in total. The number of rotatable bonds is 3. The molecule has 1 amide bonds. The smallest absolute Gasteiger partial charge is 0.267 e. The van der Waals surface area contributed by atoms with Gasteiger partial charge in [-0.25, -0.2) is 4.98 Å². The number of nitrogens with two attached hydrogens (primary N) is 1. The second-order valence-corrected chi connectivity index (χ2v) is 6.08. The Morgan fingerprint density at radius 2 is 1.96 bits per heavy atom. The second-order valence-electron chi connectivity index (χ2n) is 5.09. The summed E-state index contributed by atoms with van der Waals surface area (Å²) in [7, 11) is 1.70. The Balaban J connectivity index is 2.00. The van der Waals surface area contributed by atoms with E-state index in [1.54, 1.807) is 37.4 Å². The Morgan fingerprint density at radius 3 is 2.56 bits per heavy atom. The molecule has 25 heavy (non-hydrogen) atoms. The molecule has 122 valence electrons. The Labute approximate surface area is 147 Å². The number of aromatic nitrogens is 1. The van der Waals surface area contributed by atoms with Gasteiger partial charge in [-0.3, -0.25) is 4.79 Å². The number of hydrogen-bond acceptors (Lipinski definition) is 7. The summed E-state index contributed by atoms with van der Waals surface area (Å²) in [6.45, 7) is 0. The van der Waals surface area contributed by atoms with Crippen LogP contribution in [0.5, 0.6) is 0 Å². The molecule has 0 saturated heterocycles. The molecular formula is C17H12N6OS. The van der Waals surface area contributed by atoms with Gasteiger partial charge in [0.15, 0.2) is 0 Å². The van der Waals surface area contributed by atoms with Crippen LogP contribution in [0, 0.1) is 22.7 Å². The molecule has 0 atom stereocenters. The number of fused-ring (bicyclic) bond motifs is 1. The maximum Gasteiger partial charge on any atom is 0.267 e. The zero-order chi connectivity index (χ0) is 18.0. The minimum atomic E-state index is -0.311. The maximum absolute atomic E-state index is 12.6. The van der Waals surface area contributed by atoms with Crippen LogP contribution in [-0.2, 0) is 0 Å². The maximum atomic E-state index is 12.6. The van der Waals surface area contributed by atoms with Crippen LogP contribution in [0.1, 0.15) is 20.8 Å². The van der Waals surface area contributed by atoms with Gasteiger partial charge in [0, 0.05) is 18.1 Å². The van der Waals surface area contributed by atoms with Crippen molar-refractivity contribution in [2.45, 2.75) is 0 Å². The van der Waals surface area contributed by atoms with Crippen molar-refractivity contribution in [3.63, 3.8) is 0 Å². The standard InChI is InChI=1S/C17H12N6OS/c1-21-13-12-6-10(8-19)15(20)23-17(12)25-14(13)16(24)22-11-4-2-9(7-18)3-5-11/h2-6,21H,1H3,(H2,20,23)(H,22,24). The first-order valence-electron chi connectivity index (χ1n) is 7.19. The summed E-state index contributed by atoms with van der Waals surface area (Å²) in [5.74, 6) is -0.174. The fourth-order valence-corrected chi connectivity index (χ4v) is 3.42. The second kappa shape index (κ2) is 6.48. The summed E-state index contributed by atoms with van der Waals surface area (Å²) in [6, 6.07) is 12.2. The first kappa shape index (κ1) is 16.2. The van der Waals surface area contributed by atoms with Crippen molar-refractivity contribution in [2.24, 2.45) is 0 Å². The SMILES string of the molecule is CNc1c(C(=O)Nc2ccc(C#N)cc2)sc2nc(N)c(C#N)cc12. The van der Waals surface area contributed by atoms with E-state index in [-0.39, 0.29) is 17.3 Å². The van der Waals surface area contributed by atoms with E-state index in [2.05, 4.69) is 15.6 Å². The minimum absolute atomic E-state index is 0.137. The van der Waals surface area contributed by atoms with Gasteiger partial charge in [-0.2, -0.15) is 10.5 Å². The molecule has 0 unspecified atom stereocenters. The molecule has 0 aliphatic heterocycles. The summed E-state index contributed by atoms with van der Waals surface area (Å²) in [6.07, 6.45) is 0. The molecule has 8 heteroatoms. The Bertz CT molecular complexity index is 1060. The van der Waals surface area contributed by atoms with Crippen LogP contribution in [0.15, 0.2) is 30.3 Å². The van der Waals surface area contributed by atoms with Gasteiger partial charge in [-0.05, 0) is 30.3 Å². The molecular weight excluding hydrogens is 336 g/mol. The lowest BCUT2D eigenvalue weighted by Crippen LogP contribution is -2.11. The third kappa shape index (κ3) is 2.94. The minimum Gasteiger partial charge on any atom is -0.386 e. The quantitative estimate of drug-likeness (QED) is 0.667. The molecule has 0 fully saturated rings. The zero-order valence-electron chi connectivity index (χ0n) is 13.1. The van der Waals surface area contributed by atoms with Crippen molar-refractivity contribution in [3.05, 3.63) is 46.3 Å². The van der Waals surface area contributed by atoms with Crippen molar-refractivity contribution >= 4 is 44.7 Å². The monoisotopic (exact) mass is 348 g/mol. The van der Waals surface area contributed by atoms with Gasteiger partial charge in [-0.15, -0.1) is 11.3 Å². The van der Waals surface area contributed by atoms with E-state index in [4.69, 9.17) is 16.3 Å². The van der Waals surface area contributed by atoms with Crippen LogP contribution >= 0.6 is 11.3 Å². The van der Waals surface area contributed by atoms with E-state index in [1.807, 2.05) is 12.1 Å². The van der Waals surface area contributed by atoms with E-state index in [1.165, 1.54) is 11.3 Å². The number of nitrogen functional groups attached to an aromatic ring is 1. The molecule has 3 rings (SSSR count). The highest BCUT2D eigenvalue weighted by atomic mass is 32.1. The molecule has 4 N–H and O–H groups in total. The zero-order valence-corrected chi connectivity index (χ0v) is 13.9. The number of carbonyl (C=O) groups excluding carboxylic acids is 1. The number of amides is 1. The summed E-state index contributed by atoms with van der Waals surface area (Å²) < 4.78 is 0. The van der Waals surface area contributed by atoms with E-state index in [0.717, 1.165) is 0 Å². The average Bonchev–Trinajstić information content (AvgIpc) is 2.98. The van der Waals surface area contributed by atoms with E-state index in [0.29, 0.717) is 32.0 Å². The molecule has 1 aromatic carbocycles. The first-order valence-corrected chi connectivity index (χ1v) is 8.01. The average molecular weight is 348 g/mol. The summed E-state index contributed by atoms with van der Waals surface area (Å²) >= 11 is 1.19. The highest BCUT2D eigenvalue weighted by Crippen LogP contribution is 2.36. The van der Waals surface area contributed by atoms with Crippen LogP contribution in [-0.4, -0.2) is 17.9 Å². The molecule has 2 heterocycles. The van der Waals surface area contributed by atoms with Crippen LogP contribution in [0.25, 0.3) is 10.2 Å². The highest BCUT2D eigenvalue weighted by Gasteiger charge is 2.20. The predicted octanol–water partition coefficient (Wildman–Crippen LogP) is 2.92. The number of nitrogens with one attached hydrogen (secondary N) is 2. The summed E-state index contributed by atoms with van der Waals surface area (Å²) in [5.41, 5.74) is 7.70. The van der Waals surface area contributed by atoms with Crippen LogP contribution in [0.4, 0.5) is 17.2 Å². The van der Waals surface area contributed by atoms with Gasteiger partial charge in [-0.1, -0.05) is 0 Å². The normalized spacial score (nSPS) is 10.0. The van der Waals surface area contributed by atoms with Gasteiger partial charge < -0.3 is 16.4 Å². The highest BCUT2D eigenvalue weighted by molar-refractivity contribution is 7.21. The lowest BCUT2D eigenvalue weighted by Gasteiger charge is -2.06. The van der Waals surface area contributed by atoms with Gasteiger partial charge in [0.2, 0.25) is 0 Å². The summed E-state index contributed by atoms with van der Waals surface area (Å²) in [5, 5.41) is 24.4. The molecule has 0 aliphatic carbocycles. The molecule has 0 radical (unpaired) electrons. The van der Waals surface area contributed by atoms with Crippen molar-refractivity contribution in [2.75, 3.05) is 23.4 Å². The van der Waals surface area contributed by atoms with Crippen LogP contribution < -0.4 is 16.4 Å². The number of anilines is 3. The molecule has 3 aromatic rings. The van der Waals surface area contributed by atoms with Crippen molar-refractivity contribution < 1.29 is 4.79 Å². The number of hydrogen-bond donors (Lipinski definition) is 3. The first-order chi connectivity index (χ1) is 12.1. The topological polar surface area (TPSA) is 128 Å². The van der Waals surface area contributed by atoms with Gasteiger partial charge in [0.25, 0.3) is 5.91 Å². The van der Waals surface area contributed by atoms with Crippen molar-refractivity contribution in [3.8, 4) is 12.1 Å². The fraction of sp³-hybridized carbons (Fsp3) is 0.0588. The van der Waals surface area contributed by atoms with E-state index in [9.17, 15) is 4.79 Å². The number of pyridine rings is 1. The van der Waals surface area contributed by atoms with Crippen molar-refractivity contribution in [1.82, 2.24) is 4.98 Å². The fourth-order valence-electron chi connectivity index (χ4n) is 2.35. The van der Waals surface area contributed by atoms with Crippen LogP contribution in [0.2, 0.25) is 0 Å². The molecule has 0 aliphatic rings. The Kier molecular flexibility index (Phi) is 4.21. The van der Waals surface area contributed by atoms with Gasteiger partial charge >= 0.3 is 0 Å². The lowest BCUT2D eigenvalue weighted by atomic mass is 10.2. The number of thiophene rings is 1. The molecule has 2 aromatic heterocycles. The number of benzene rings is 1. The third-order valence-electron chi connectivity index (χ3n) is 3.56. The predicted molar refractivity (Wildman–Crippen MR) is 97.4 cm³/mol. The van der Waals surface area contributed by atoms with Gasteiger partial charge in [0.1, 0.15) is 21.6 Å². The van der Waals surface area contributed by atoms with Crippen LogP contribution in [0.3, 0.4) is 0 Å². The lowest BCUT2D eigenvalue weighted by molar-refractivity contribution is 0.103. The number of carbonyl (C=O) groups is 1. The van der Waals surface area contributed by atoms with E-state index < -0.39 is 0 Å². The van der Waals surface area contributed by atoms with E-state index >= 15 is 0 Å². The number of nitriles is 2. The van der Waals surface area contributed by atoms with Crippen molar-refractivity contribution in [1.29, 1.82) is 10.5 Å².